The minimum absolute atomic E-state index is 0.509. The summed E-state index contributed by atoms with van der Waals surface area (Å²) >= 11 is -1.61. The standard InChI is InChI=1S/C45H71N2P.C7H6.2ClH.Ru/c1-32(2)39-26-18-27-40(33(3)4)43(39)46-30-31-47(44-41(34(5)6)28-19-29-42(44)35(7)8)45(46)48(36-20-12-9-13-21-36,37-22-14-10-15-23-37)38-24-16-11-17-25-38;1-7-5-3-2-4-6-7;;;/h18-19,26-29,32-38H,9-17,20-25,30-31H2,1-8H3;1-6H;2*1H;/q;;;;+2/p-2. The molecule has 322 valence electrons. The van der Waals surface area contributed by atoms with Gasteiger partial charge in [-0.15, -0.1) is 0 Å². The topological polar surface area (TPSA) is 6.48 Å². The first-order valence-electron chi connectivity index (χ1n) is 23.4. The molecule has 0 spiro atoms. The fraction of sp³-hybridized carbons (Fsp3) is 0.615. The number of rotatable bonds is 10. The van der Waals surface area contributed by atoms with Crippen molar-refractivity contribution in [3.05, 3.63) is 94.5 Å². The average molecular weight is 933 g/mol. The summed E-state index contributed by atoms with van der Waals surface area (Å²) in [4.78, 5) is 6.16. The molecule has 0 radical (unpaired) electrons. The van der Waals surface area contributed by atoms with Gasteiger partial charge in [-0.2, -0.15) is 0 Å². The summed E-state index contributed by atoms with van der Waals surface area (Å²) in [5.41, 5.74) is 15.2. The van der Waals surface area contributed by atoms with Gasteiger partial charge in [0, 0.05) is 24.5 Å². The van der Waals surface area contributed by atoms with E-state index in [0.717, 1.165) is 35.6 Å². The monoisotopic (exact) mass is 932 g/mol. The van der Waals surface area contributed by atoms with Gasteiger partial charge in [-0.05, 0) is 101 Å². The van der Waals surface area contributed by atoms with Crippen LogP contribution in [0.3, 0.4) is 0 Å². The Balaban J connectivity index is 0.000000496. The number of anilines is 2. The first-order valence-corrected chi connectivity index (χ1v) is 30.9. The van der Waals surface area contributed by atoms with Gasteiger partial charge >= 0.3 is 73.4 Å². The van der Waals surface area contributed by atoms with E-state index in [0.29, 0.717) is 23.7 Å². The summed E-state index contributed by atoms with van der Waals surface area (Å²) in [6.07, 6.45) is 22.0. The maximum atomic E-state index is 5.67. The molecule has 0 amide bonds. The zero-order valence-corrected chi connectivity index (χ0v) is 41.6. The van der Waals surface area contributed by atoms with E-state index in [4.69, 9.17) is 19.4 Å². The van der Waals surface area contributed by atoms with Crippen molar-refractivity contribution in [1.82, 2.24) is 0 Å². The fourth-order valence-corrected chi connectivity index (χ4v) is 21.0. The predicted octanol–water partition coefficient (Wildman–Crippen LogP) is 16.4. The Morgan fingerprint density at radius 2 is 0.810 bits per heavy atom. The van der Waals surface area contributed by atoms with E-state index in [9.17, 15) is 0 Å². The van der Waals surface area contributed by atoms with Gasteiger partial charge < -0.3 is 9.80 Å². The van der Waals surface area contributed by atoms with Crippen LogP contribution in [0.4, 0.5) is 11.4 Å². The van der Waals surface area contributed by atoms with Gasteiger partial charge in [-0.3, -0.25) is 0 Å². The maximum absolute atomic E-state index is 5.67. The Kier molecular flexibility index (Phi) is 17.2. The van der Waals surface area contributed by atoms with Crippen LogP contribution >= 0.6 is 26.3 Å². The van der Waals surface area contributed by atoms with Crippen LogP contribution < -0.4 is 9.80 Å². The molecule has 4 fully saturated rings. The Labute approximate surface area is 368 Å². The number of hydrogen-bond donors (Lipinski definition) is 0. The molecule has 3 aromatic rings. The van der Waals surface area contributed by atoms with Crippen LogP contribution in [0.1, 0.15) is 203 Å². The SMILES string of the molecule is CC(C)c1cccc(C(C)C)c1N1CCN(c2c(C(C)C)cccc2C(C)C)C1=P(C1CCCCC1)(C1CCCCC1)C1CCCCC1.[Cl][Ru]([Cl])=[CH]c1ccccc1. The number of para-hydroxylation sites is 2. The van der Waals surface area contributed by atoms with Crippen molar-refractivity contribution >= 4 is 47.8 Å². The summed E-state index contributed by atoms with van der Waals surface area (Å²) in [6.45, 7) is 20.2. The van der Waals surface area contributed by atoms with Gasteiger partial charge in [0.2, 0.25) is 0 Å². The number of benzene rings is 3. The summed E-state index contributed by atoms with van der Waals surface area (Å²) in [5.74, 6) is 2.04. The molecule has 0 N–H and O–H groups in total. The van der Waals surface area contributed by atoms with Crippen LogP contribution in [0.2, 0.25) is 0 Å². The van der Waals surface area contributed by atoms with Crippen LogP contribution in [0.25, 0.3) is 0 Å². The minimum atomic E-state index is -1.65. The average Bonchev–Trinajstić information content (AvgIpc) is 3.66. The van der Waals surface area contributed by atoms with E-state index in [1.807, 2.05) is 40.5 Å². The molecule has 58 heavy (non-hydrogen) atoms. The van der Waals surface area contributed by atoms with Crippen molar-refractivity contribution in [3.8, 4) is 0 Å². The van der Waals surface area contributed by atoms with Gasteiger partial charge in [0.05, 0.1) is 0 Å². The van der Waals surface area contributed by atoms with Crippen molar-refractivity contribution in [1.29, 1.82) is 0 Å². The van der Waals surface area contributed by atoms with E-state index in [2.05, 4.69) is 102 Å². The second-order valence-electron chi connectivity index (χ2n) is 19.2. The summed E-state index contributed by atoms with van der Waals surface area (Å²) in [5, 5.41) is 0. The molecule has 0 aromatic heterocycles. The molecule has 3 aliphatic carbocycles. The molecule has 0 atom stereocenters. The number of hydrogen-bond acceptors (Lipinski definition) is 0. The van der Waals surface area contributed by atoms with Gasteiger partial charge in [-0.25, -0.2) is 0 Å². The number of halogens is 2. The molecule has 1 heterocycles. The van der Waals surface area contributed by atoms with E-state index in [-0.39, 0.29) is 0 Å². The zero-order valence-electron chi connectivity index (χ0n) is 37.4. The molecule has 2 nitrogen and oxygen atoms in total. The summed E-state index contributed by atoms with van der Waals surface area (Å²) in [6, 6.07) is 24.6. The molecule has 1 aliphatic heterocycles. The van der Waals surface area contributed by atoms with Crippen molar-refractivity contribution in [2.24, 2.45) is 0 Å². The van der Waals surface area contributed by atoms with Crippen LogP contribution in [0.15, 0.2) is 66.7 Å². The number of nitrogens with zero attached hydrogens (tertiary/aromatic N) is 2. The predicted molar refractivity (Wildman–Crippen MR) is 260 cm³/mol. The quantitative estimate of drug-likeness (QED) is 0.148. The third kappa shape index (κ3) is 10.3. The molecule has 0 unspecified atom stereocenters. The normalized spacial score (nSPS) is 19.3. The second-order valence-corrected chi connectivity index (χ2v) is 29.2. The summed E-state index contributed by atoms with van der Waals surface area (Å²) in [7, 11) is 11.3. The van der Waals surface area contributed by atoms with Crippen LogP contribution in [-0.4, -0.2) is 40.2 Å². The van der Waals surface area contributed by atoms with E-state index in [1.165, 1.54) is 96.3 Å². The molecule has 4 aliphatic rings. The molecule has 6 heteroatoms. The van der Waals surface area contributed by atoms with E-state index in [1.54, 1.807) is 33.6 Å². The Morgan fingerprint density at radius 1 is 0.483 bits per heavy atom. The first-order chi connectivity index (χ1) is 28.0. The molecule has 7 rings (SSSR count). The van der Waals surface area contributed by atoms with Gasteiger partial charge in [0.1, 0.15) is 5.54 Å². The van der Waals surface area contributed by atoms with Crippen LogP contribution in [0.5, 0.6) is 0 Å². The molecule has 3 aromatic carbocycles. The van der Waals surface area contributed by atoms with Crippen LogP contribution in [0, 0.1) is 0 Å². The molecular weight excluding hydrogens is 856 g/mol. The Hall–Kier alpha value is -1.37. The molecule has 1 saturated heterocycles. The van der Waals surface area contributed by atoms with Crippen LogP contribution in [-0.2, 0) is 13.5 Å². The fourth-order valence-electron chi connectivity index (χ4n) is 11.6. The Morgan fingerprint density at radius 3 is 1.10 bits per heavy atom. The third-order valence-electron chi connectivity index (χ3n) is 14.1. The van der Waals surface area contributed by atoms with Gasteiger partial charge in [-0.1, -0.05) is 156 Å². The van der Waals surface area contributed by atoms with Gasteiger partial charge in [0.25, 0.3) is 0 Å². The molecular formula is C52H77Cl2N2PRu. The second kappa shape index (κ2) is 21.6. The first kappa shape index (κ1) is 46.1. The van der Waals surface area contributed by atoms with Crippen molar-refractivity contribution in [2.75, 3.05) is 22.9 Å². The molecule has 3 saturated carbocycles. The summed E-state index contributed by atoms with van der Waals surface area (Å²) < 4.78 is 1.92. The van der Waals surface area contributed by atoms with Crippen molar-refractivity contribution in [3.63, 3.8) is 0 Å². The van der Waals surface area contributed by atoms with Gasteiger partial charge in [0.15, 0.2) is 0 Å². The van der Waals surface area contributed by atoms with E-state index < -0.39 is 20.4 Å². The zero-order chi connectivity index (χ0) is 41.4. The van der Waals surface area contributed by atoms with E-state index >= 15 is 0 Å². The van der Waals surface area contributed by atoms with Crippen molar-refractivity contribution in [2.45, 2.75) is 192 Å². The third-order valence-corrected chi connectivity index (χ3v) is 22.4. The molecule has 0 bridgehead atoms. The van der Waals surface area contributed by atoms with Crippen molar-refractivity contribution < 1.29 is 13.5 Å². The Bertz CT molecular complexity index is 1670.